The summed E-state index contributed by atoms with van der Waals surface area (Å²) >= 11 is 0. The highest BCUT2D eigenvalue weighted by molar-refractivity contribution is 5.31. The molecule has 0 radical (unpaired) electrons. The van der Waals surface area contributed by atoms with Crippen LogP contribution in [0.4, 0.5) is 101 Å². The number of rotatable bonds is 15. The van der Waals surface area contributed by atoms with Crippen LogP contribution in [0, 0.1) is 5.92 Å². The van der Waals surface area contributed by atoms with Crippen LogP contribution in [0.1, 0.15) is 46.2 Å². The molecule has 23 heteroatoms. The van der Waals surface area contributed by atoms with Gasteiger partial charge in [0.2, 0.25) is 0 Å². The molecule has 0 N–H and O–H groups in total. The summed E-state index contributed by atoms with van der Waals surface area (Å²) in [5, 5.41) is 0. The van der Waals surface area contributed by atoms with Gasteiger partial charge in [0.25, 0.3) is 0 Å². The fourth-order valence-corrected chi connectivity index (χ4v) is 5.38. The lowest BCUT2D eigenvalue weighted by molar-refractivity contribution is -0.462. The number of alkyl halides is 23. The molecule has 0 bridgehead atoms. The number of aryl methyl sites for hydroxylation is 2. The van der Waals surface area contributed by atoms with Crippen LogP contribution in [-0.4, -0.2) is 41.7 Å². The van der Waals surface area contributed by atoms with E-state index in [-0.39, 0.29) is 55.4 Å². The molecule has 3 aromatic carbocycles. The minimum atomic E-state index is -8.77. The van der Waals surface area contributed by atoms with Gasteiger partial charge < -0.3 is 0 Å². The highest BCUT2D eigenvalue weighted by Gasteiger charge is 2.95. The molecule has 0 aliphatic heterocycles. The highest BCUT2D eigenvalue weighted by atomic mass is 19.4. The van der Waals surface area contributed by atoms with Crippen LogP contribution in [0.2, 0.25) is 0 Å². The van der Waals surface area contributed by atoms with Crippen molar-refractivity contribution in [2.45, 2.75) is 92.1 Å². The smallest absolute Gasteiger partial charge is 0.194 e. The third-order valence-electron chi connectivity index (χ3n) is 8.78. The fourth-order valence-electron chi connectivity index (χ4n) is 5.38. The molecule has 0 nitrogen and oxygen atoms in total. The van der Waals surface area contributed by atoms with E-state index in [0.717, 1.165) is 42.5 Å². The summed E-state index contributed by atoms with van der Waals surface area (Å²) in [6, 6.07) is 8.09. The summed E-state index contributed by atoms with van der Waals surface area (Å²) in [6.45, 7) is 0. The fraction of sp³-hybridized carbons (Fsp3) is 0.471. The van der Waals surface area contributed by atoms with Crippen molar-refractivity contribution in [3.05, 3.63) is 106 Å². The van der Waals surface area contributed by atoms with Crippen molar-refractivity contribution in [1.29, 1.82) is 0 Å². The van der Waals surface area contributed by atoms with E-state index in [1.54, 1.807) is 0 Å². The summed E-state index contributed by atoms with van der Waals surface area (Å²) in [6.07, 6.45) is -17.9. The van der Waals surface area contributed by atoms with Crippen LogP contribution < -0.4 is 0 Å². The van der Waals surface area contributed by atoms with Gasteiger partial charge in [0.05, 0.1) is 11.1 Å². The molecule has 0 heterocycles. The summed E-state index contributed by atoms with van der Waals surface area (Å²) in [4.78, 5) is 0. The maximum atomic E-state index is 14.8. The molecular weight excluding hydrogens is 845 g/mol. The normalized spacial score (nSPS) is 15.2. The zero-order valence-electron chi connectivity index (χ0n) is 27.7. The van der Waals surface area contributed by atoms with Gasteiger partial charge in [-0.1, -0.05) is 54.6 Å². The van der Waals surface area contributed by atoms with Crippen LogP contribution in [0.15, 0.2) is 72.8 Å². The van der Waals surface area contributed by atoms with Gasteiger partial charge in [-0.3, -0.25) is 0 Å². The summed E-state index contributed by atoms with van der Waals surface area (Å²) < 4.78 is 312. The van der Waals surface area contributed by atoms with E-state index in [1.807, 2.05) is 0 Å². The Hall–Kier alpha value is -3.95. The van der Waals surface area contributed by atoms with Gasteiger partial charge in [-0.15, -0.1) is 0 Å². The largest absolute Gasteiger partial charge is 0.460 e. The van der Waals surface area contributed by atoms with Crippen LogP contribution in [0.25, 0.3) is 0 Å². The van der Waals surface area contributed by atoms with Crippen molar-refractivity contribution < 1.29 is 101 Å². The first-order valence-electron chi connectivity index (χ1n) is 15.6. The van der Waals surface area contributed by atoms with E-state index in [0.29, 0.717) is 17.7 Å². The second-order valence-electron chi connectivity index (χ2n) is 12.8. The molecule has 0 aliphatic carbocycles. The maximum absolute atomic E-state index is 14.8. The predicted octanol–water partition coefficient (Wildman–Crippen LogP) is 13.6. The van der Waals surface area contributed by atoms with Gasteiger partial charge in [-0.05, 0) is 72.9 Å². The molecule has 0 saturated heterocycles. The number of hydrogen-bond acceptors (Lipinski definition) is 0. The molecule has 0 fully saturated rings. The van der Waals surface area contributed by atoms with Crippen molar-refractivity contribution in [2.75, 3.05) is 0 Å². The van der Waals surface area contributed by atoms with Gasteiger partial charge in [0.15, 0.2) is 0 Å². The Morgan fingerprint density at radius 3 is 1.18 bits per heavy atom. The Bertz CT molecular complexity index is 1800. The van der Waals surface area contributed by atoms with Crippen molar-refractivity contribution in [3.8, 4) is 0 Å². The van der Waals surface area contributed by atoms with Crippen LogP contribution in [0.5, 0.6) is 0 Å². The van der Waals surface area contributed by atoms with E-state index in [4.69, 9.17) is 0 Å². The Labute approximate surface area is 305 Å². The first-order valence-corrected chi connectivity index (χ1v) is 15.6. The van der Waals surface area contributed by atoms with E-state index in [9.17, 15) is 101 Å². The van der Waals surface area contributed by atoms with E-state index in [1.165, 1.54) is 6.07 Å². The molecule has 0 aromatic heterocycles. The van der Waals surface area contributed by atoms with Gasteiger partial charge in [-0.25, -0.2) is 0 Å². The standard InChI is InChI=1S/C34H23F23/c35-25(36,28(43,44)29(45,46)30(47,48)31(49,50)32(51,52)33(53,54)34(55,56)57)22-12-10-21(11-13-22)16-20(5-4-18-8-14-23(15-9-18)26(37,38)39)7-6-19-2-1-3-24(17-19)27(40,41)42/h1-3,8-15,17,20H,4-7,16H2. The third-order valence-corrected chi connectivity index (χ3v) is 8.78. The average Bonchev–Trinajstić information content (AvgIpc) is 3.08. The Morgan fingerprint density at radius 1 is 0.351 bits per heavy atom. The molecule has 0 aliphatic rings. The van der Waals surface area contributed by atoms with Crippen LogP contribution >= 0.6 is 0 Å². The second-order valence-corrected chi connectivity index (χ2v) is 12.8. The summed E-state index contributed by atoms with van der Waals surface area (Å²) in [7, 11) is 0. The lowest BCUT2D eigenvalue weighted by atomic mass is 9.86. The molecule has 3 aromatic rings. The molecule has 1 unspecified atom stereocenters. The monoisotopic (exact) mass is 868 g/mol. The predicted molar refractivity (Wildman–Crippen MR) is 153 cm³/mol. The quantitative estimate of drug-likeness (QED) is 0.134. The molecule has 0 saturated carbocycles. The van der Waals surface area contributed by atoms with Gasteiger partial charge in [0.1, 0.15) is 0 Å². The molecule has 320 valence electrons. The molecule has 0 amide bonds. The first kappa shape index (κ1) is 47.4. The molecule has 1 atom stereocenters. The van der Waals surface area contributed by atoms with E-state index < -0.39 is 82.6 Å². The first-order chi connectivity index (χ1) is 25.5. The van der Waals surface area contributed by atoms with Crippen LogP contribution in [-0.2, 0) is 37.5 Å². The lowest BCUT2D eigenvalue weighted by Crippen LogP contribution is -2.74. The zero-order chi connectivity index (χ0) is 44.1. The number of hydrogen-bond donors (Lipinski definition) is 0. The number of halogens is 23. The SMILES string of the molecule is FC(F)(F)c1ccc(CCC(CCc2cccc(C(F)(F)F)c2)Cc2ccc(C(F)(F)C(F)(F)C(F)(F)C(F)(F)C(F)(F)C(F)(F)C(F)(F)C(F)(F)F)cc2)cc1. The molecule has 57 heavy (non-hydrogen) atoms. The minimum absolute atomic E-state index is 0.00611. The van der Waals surface area contributed by atoms with Crippen molar-refractivity contribution in [2.24, 2.45) is 5.92 Å². The maximum Gasteiger partial charge on any atom is 0.460 e. The van der Waals surface area contributed by atoms with E-state index >= 15 is 0 Å². The lowest BCUT2D eigenvalue weighted by Gasteiger charge is -2.42. The van der Waals surface area contributed by atoms with Gasteiger partial charge in [-0.2, -0.15) is 101 Å². The Morgan fingerprint density at radius 2 is 0.737 bits per heavy atom. The minimum Gasteiger partial charge on any atom is -0.194 e. The average molecular weight is 869 g/mol. The van der Waals surface area contributed by atoms with Crippen molar-refractivity contribution in [1.82, 2.24) is 0 Å². The van der Waals surface area contributed by atoms with Crippen molar-refractivity contribution in [3.63, 3.8) is 0 Å². The van der Waals surface area contributed by atoms with Crippen LogP contribution in [0.3, 0.4) is 0 Å². The highest BCUT2D eigenvalue weighted by Crippen LogP contribution is 2.65. The molecule has 0 spiro atoms. The van der Waals surface area contributed by atoms with Gasteiger partial charge >= 0.3 is 60.0 Å². The second kappa shape index (κ2) is 15.3. The topological polar surface area (TPSA) is 0 Å². The summed E-state index contributed by atoms with van der Waals surface area (Å²) in [5.74, 6) is -58.3. The molecule has 3 rings (SSSR count). The van der Waals surface area contributed by atoms with Crippen molar-refractivity contribution >= 4 is 0 Å². The zero-order valence-corrected chi connectivity index (χ0v) is 27.7. The Balaban J connectivity index is 1.93. The molecular formula is C34H23F23. The third kappa shape index (κ3) is 8.90. The number of benzene rings is 3. The van der Waals surface area contributed by atoms with Gasteiger partial charge in [0, 0.05) is 5.56 Å². The summed E-state index contributed by atoms with van der Waals surface area (Å²) in [5.41, 5.74) is -4.25. The van der Waals surface area contributed by atoms with E-state index in [2.05, 4.69) is 0 Å². The Kier molecular flexibility index (Phi) is 12.8.